The molecule has 0 fully saturated rings. The lowest BCUT2D eigenvalue weighted by Crippen LogP contribution is -2.09. The van der Waals surface area contributed by atoms with Crippen LogP contribution >= 0.6 is 11.3 Å². The molecule has 0 saturated heterocycles. The minimum atomic E-state index is -0.218. The molecule has 0 spiro atoms. The molecule has 2 nitrogen and oxygen atoms in total. The van der Waals surface area contributed by atoms with E-state index in [0.717, 1.165) is 33.8 Å². The van der Waals surface area contributed by atoms with Crippen molar-refractivity contribution >= 4 is 22.7 Å². The monoisotopic (exact) mass is 321 g/mol. The molecule has 1 heterocycles. The van der Waals surface area contributed by atoms with Crippen molar-refractivity contribution in [1.82, 2.24) is 4.98 Å². The van der Waals surface area contributed by atoms with Gasteiger partial charge in [0.1, 0.15) is 5.01 Å². The second-order valence-corrected chi connectivity index (χ2v) is 6.60. The van der Waals surface area contributed by atoms with Gasteiger partial charge in [-0.2, -0.15) is 0 Å². The number of benzene rings is 1. The number of aromatic nitrogens is 1. The summed E-state index contributed by atoms with van der Waals surface area (Å²) in [5.74, 6) is -0.0945. The number of aryl methyl sites for hydroxylation is 1. The molecule has 0 amide bonds. The first-order valence-electron chi connectivity index (χ1n) is 7.75. The quantitative estimate of drug-likeness (QED) is 0.712. The zero-order chi connectivity index (χ0) is 16.2. The van der Waals surface area contributed by atoms with Crippen LogP contribution < -0.4 is 0 Å². The van der Waals surface area contributed by atoms with E-state index in [1.165, 1.54) is 0 Å². The van der Waals surface area contributed by atoms with E-state index in [9.17, 15) is 4.79 Å². The van der Waals surface area contributed by atoms with E-state index in [2.05, 4.69) is 18.2 Å². The number of rotatable bonds is 4. The largest absolute Gasteiger partial charge is 0.293 e. The maximum atomic E-state index is 12.6. The number of carbonyl (C=O) groups is 1. The van der Waals surface area contributed by atoms with Crippen LogP contribution in [0.2, 0.25) is 0 Å². The summed E-state index contributed by atoms with van der Waals surface area (Å²) in [6.07, 6.45) is 11.3. The van der Waals surface area contributed by atoms with Crippen LogP contribution in [-0.2, 0) is 0 Å². The highest BCUT2D eigenvalue weighted by atomic mass is 32.1. The van der Waals surface area contributed by atoms with Crippen LogP contribution in [0.3, 0.4) is 0 Å². The van der Waals surface area contributed by atoms with E-state index in [0.29, 0.717) is 0 Å². The molecular weight excluding hydrogens is 302 g/mol. The summed E-state index contributed by atoms with van der Waals surface area (Å²) in [6.45, 7) is 3.96. The summed E-state index contributed by atoms with van der Waals surface area (Å²) < 4.78 is 0. The van der Waals surface area contributed by atoms with Crippen LogP contribution in [0.1, 0.15) is 45.9 Å². The molecule has 1 aliphatic rings. The average Bonchev–Trinajstić information content (AvgIpc) is 2.90. The third-order valence-electron chi connectivity index (χ3n) is 3.91. The first kappa shape index (κ1) is 15.6. The Morgan fingerprint density at radius 2 is 2.00 bits per heavy atom. The number of nitrogens with zero attached hydrogens (tertiary/aromatic N) is 1. The number of Topliss-reactive ketones (excluding diaryl/α,β-unsaturated/α-hetero) is 1. The van der Waals surface area contributed by atoms with E-state index in [4.69, 9.17) is 4.98 Å². The fourth-order valence-electron chi connectivity index (χ4n) is 2.47. The number of hydrogen-bond acceptors (Lipinski definition) is 3. The van der Waals surface area contributed by atoms with E-state index < -0.39 is 0 Å². The Balaban J connectivity index is 1.80. The number of ketones is 1. The maximum absolute atomic E-state index is 12.6. The molecule has 0 saturated carbocycles. The molecule has 0 bridgehead atoms. The van der Waals surface area contributed by atoms with Gasteiger partial charge in [-0.15, -0.1) is 11.3 Å². The minimum Gasteiger partial charge on any atom is -0.293 e. The lowest BCUT2D eigenvalue weighted by atomic mass is 9.99. The van der Waals surface area contributed by atoms with Crippen molar-refractivity contribution in [3.63, 3.8) is 0 Å². The standard InChI is InChI=1S/C20H19NOS/c1-14-9-11-17(12-10-14)19(22)15(2)20-21-18(13-23-20)16-7-5-3-4-6-8-16/h3-5,7-13,15H,6H2,1-2H3. The molecule has 2 aromatic rings. The van der Waals surface area contributed by atoms with Gasteiger partial charge in [0.2, 0.25) is 0 Å². The van der Waals surface area contributed by atoms with Crippen LogP contribution in [0.4, 0.5) is 0 Å². The van der Waals surface area contributed by atoms with Gasteiger partial charge in [0.25, 0.3) is 0 Å². The van der Waals surface area contributed by atoms with Crippen molar-refractivity contribution < 1.29 is 4.79 Å². The molecular formula is C20H19NOS. The lowest BCUT2D eigenvalue weighted by Gasteiger charge is -2.07. The van der Waals surface area contributed by atoms with Gasteiger partial charge in [-0.1, -0.05) is 60.2 Å². The second-order valence-electron chi connectivity index (χ2n) is 5.71. The van der Waals surface area contributed by atoms with Crippen molar-refractivity contribution in [2.75, 3.05) is 0 Å². The summed E-state index contributed by atoms with van der Waals surface area (Å²) in [5, 5.41) is 2.91. The van der Waals surface area contributed by atoms with Gasteiger partial charge < -0.3 is 0 Å². The van der Waals surface area contributed by atoms with Gasteiger partial charge >= 0.3 is 0 Å². The zero-order valence-corrected chi connectivity index (χ0v) is 14.1. The zero-order valence-electron chi connectivity index (χ0n) is 13.3. The van der Waals surface area contributed by atoms with Crippen molar-refractivity contribution in [2.24, 2.45) is 0 Å². The molecule has 23 heavy (non-hydrogen) atoms. The van der Waals surface area contributed by atoms with Crippen molar-refractivity contribution in [3.05, 3.63) is 81.9 Å². The molecule has 0 N–H and O–H groups in total. The SMILES string of the molecule is Cc1ccc(C(=O)C(C)c2nc(C3=CCC=CC=C3)cs2)cc1. The second kappa shape index (κ2) is 6.88. The summed E-state index contributed by atoms with van der Waals surface area (Å²) in [5.41, 5.74) is 3.98. The summed E-state index contributed by atoms with van der Waals surface area (Å²) >= 11 is 1.56. The van der Waals surface area contributed by atoms with Crippen molar-refractivity contribution in [3.8, 4) is 0 Å². The number of thiazole rings is 1. The van der Waals surface area contributed by atoms with Crippen LogP contribution in [0.15, 0.2) is 60.0 Å². The fraction of sp³-hybridized carbons (Fsp3) is 0.200. The van der Waals surface area contributed by atoms with E-state index in [-0.39, 0.29) is 11.7 Å². The van der Waals surface area contributed by atoms with Crippen LogP contribution in [0.5, 0.6) is 0 Å². The van der Waals surface area contributed by atoms with E-state index in [1.807, 2.05) is 55.6 Å². The molecule has 1 aromatic carbocycles. The van der Waals surface area contributed by atoms with Crippen molar-refractivity contribution in [2.45, 2.75) is 26.2 Å². The molecule has 1 aliphatic carbocycles. The van der Waals surface area contributed by atoms with Crippen LogP contribution in [0.25, 0.3) is 5.57 Å². The Labute approximate surface area is 140 Å². The Bertz CT molecular complexity index is 793. The van der Waals surface area contributed by atoms with Gasteiger partial charge in [-0.05, 0) is 25.8 Å². The van der Waals surface area contributed by atoms with E-state index >= 15 is 0 Å². The predicted molar refractivity (Wildman–Crippen MR) is 96.9 cm³/mol. The van der Waals surface area contributed by atoms with Crippen LogP contribution in [0, 0.1) is 6.92 Å². The van der Waals surface area contributed by atoms with E-state index in [1.54, 1.807) is 11.3 Å². The summed E-state index contributed by atoms with van der Waals surface area (Å²) in [4.78, 5) is 17.3. The molecule has 0 radical (unpaired) electrons. The predicted octanol–water partition coefficient (Wildman–Crippen LogP) is 5.34. The molecule has 3 rings (SSSR count). The fourth-order valence-corrected chi connectivity index (χ4v) is 3.35. The lowest BCUT2D eigenvalue weighted by molar-refractivity contribution is 0.0966. The Kier molecular flexibility index (Phi) is 4.68. The number of allylic oxidation sites excluding steroid dienone is 6. The van der Waals surface area contributed by atoms with Gasteiger partial charge in [0.05, 0.1) is 11.6 Å². The summed E-state index contributed by atoms with van der Waals surface area (Å²) in [6, 6.07) is 7.73. The first-order chi connectivity index (χ1) is 11.1. The average molecular weight is 321 g/mol. The molecule has 1 aromatic heterocycles. The Morgan fingerprint density at radius 3 is 2.78 bits per heavy atom. The van der Waals surface area contributed by atoms with Gasteiger partial charge in [-0.25, -0.2) is 4.98 Å². The topological polar surface area (TPSA) is 30.0 Å². The van der Waals surface area contributed by atoms with Gasteiger partial charge in [0.15, 0.2) is 5.78 Å². The highest BCUT2D eigenvalue weighted by Crippen LogP contribution is 2.28. The Hall–Kier alpha value is -2.26. The molecule has 1 atom stereocenters. The number of carbonyl (C=O) groups excluding carboxylic acids is 1. The summed E-state index contributed by atoms with van der Waals surface area (Å²) in [7, 11) is 0. The highest BCUT2D eigenvalue weighted by molar-refractivity contribution is 7.10. The molecule has 0 aliphatic heterocycles. The third kappa shape index (κ3) is 3.57. The van der Waals surface area contributed by atoms with Gasteiger partial charge in [0, 0.05) is 10.9 Å². The third-order valence-corrected chi connectivity index (χ3v) is 4.94. The van der Waals surface area contributed by atoms with Crippen molar-refractivity contribution in [1.29, 1.82) is 0 Å². The number of hydrogen-bond donors (Lipinski definition) is 0. The molecule has 1 unspecified atom stereocenters. The smallest absolute Gasteiger partial charge is 0.172 e. The minimum absolute atomic E-state index is 0.123. The maximum Gasteiger partial charge on any atom is 0.172 e. The normalized spacial score (nSPS) is 15.1. The Morgan fingerprint density at radius 1 is 1.22 bits per heavy atom. The molecule has 116 valence electrons. The molecule has 3 heteroatoms. The first-order valence-corrected chi connectivity index (χ1v) is 8.63. The van der Waals surface area contributed by atoms with Crippen LogP contribution in [-0.4, -0.2) is 10.8 Å². The van der Waals surface area contributed by atoms with Gasteiger partial charge in [-0.3, -0.25) is 4.79 Å². The highest BCUT2D eigenvalue weighted by Gasteiger charge is 2.20.